The number of guanidine groups is 1. The minimum atomic E-state index is -0.0789. The first-order valence-corrected chi connectivity index (χ1v) is 8.20. The summed E-state index contributed by atoms with van der Waals surface area (Å²) in [6.07, 6.45) is 0. The molecule has 0 aliphatic carbocycles. The van der Waals surface area contributed by atoms with Crippen LogP contribution in [0.15, 0.2) is 29.3 Å². The molecule has 8 heteroatoms. The van der Waals surface area contributed by atoms with Gasteiger partial charge in [0, 0.05) is 51.1 Å². The van der Waals surface area contributed by atoms with Gasteiger partial charge in [-0.2, -0.15) is 5.10 Å². The average Bonchev–Trinajstić information content (AvgIpc) is 2.80. The van der Waals surface area contributed by atoms with Crippen molar-refractivity contribution in [1.82, 2.24) is 20.4 Å². The normalized spacial score (nSPS) is 10.9. The highest BCUT2D eigenvalue weighted by molar-refractivity contribution is 14.0. The molecule has 0 saturated carbocycles. The van der Waals surface area contributed by atoms with Crippen molar-refractivity contribution in [3.8, 4) is 0 Å². The maximum atomic E-state index is 11.2. The number of anilines is 1. The number of carbonyl (C=O) groups is 1. The van der Waals surface area contributed by atoms with Gasteiger partial charge in [0.25, 0.3) is 0 Å². The van der Waals surface area contributed by atoms with Crippen LogP contribution in [0.3, 0.4) is 0 Å². The molecule has 142 valence electrons. The Morgan fingerprint density at radius 3 is 2.50 bits per heavy atom. The minimum Gasteiger partial charge on any atom is -0.352 e. The molecule has 0 aliphatic rings. The summed E-state index contributed by atoms with van der Waals surface area (Å²) in [6.45, 7) is 6.84. The Hall–Kier alpha value is -2.10. The summed E-state index contributed by atoms with van der Waals surface area (Å²) in [5.74, 6) is 0.636. The summed E-state index contributed by atoms with van der Waals surface area (Å²) in [7, 11) is 3.69. The Morgan fingerprint density at radius 1 is 1.23 bits per heavy atom. The van der Waals surface area contributed by atoms with Crippen molar-refractivity contribution in [2.45, 2.75) is 33.9 Å². The molecule has 2 rings (SSSR count). The van der Waals surface area contributed by atoms with Gasteiger partial charge in [-0.3, -0.25) is 14.5 Å². The number of hydrogen-bond acceptors (Lipinski definition) is 3. The zero-order valence-electron chi connectivity index (χ0n) is 15.9. The Morgan fingerprint density at radius 2 is 1.92 bits per heavy atom. The number of hydrogen-bond donors (Lipinski definition) is 3. The lowest BCUT2D eigenvalue weighted by atomic mass is 10.2. The van der Waals surface area contributed by atoms with E-state index < -0.39 is 0 Å². The van der Waals surface area contributed by atoms with Crippen molar-refractivity contribution in [1.29, 1.82) is 0 Å². The third-order valence-electron chi connectivity index (χ3n) is 4.02. The fraction of sp³-hybridized carbons (Fsp3) is 0.389. The summed E-state index contributed by atoms with van der Waals surface area (Å²) in [5, 5.41) is 13.8. The molecule has 3 N–H and O–H groups in total. The number of benzene rings is 1. The van der Waals surface area contributed by atoms with Crippen LogP contribution in [-0.2, 0) is 24.9 Å². The maximum Gasteiger partial charge on any atom is 0.221 e. The number of aromatic nitrogens is 2. The van der Waals surface area contributed by atoms with Crippen molar-refractivity contribution in [2.24, 2.45) is 12.0 Å². The Bertz CT molecular complexity index is 784. The van der Waals surface area contributed by atoms with E-state index in [1.807, 2.05) is 42.9 Å². The monoisotopic (exact) mass is 470 g/mol. The number of rotatable bonds is 5. The van der Waals surface area contributed by atoms with Crippen molar-refractivity contribution in [3.63, 3.8) is 0 Å². The number of aryl methyl sites for hydroxylation is 2. The molecule has 0 saturated heterocycles. The summed E-state index contributed by atoms with van der Waals surface area (Å²) in [5.41, 5.74) is 5.19. The zero-order valence-corrected chi connectivity index (χ0v) is 18.2. The molecule has 26 heavy (non-hydrogen) atoms. The Kier molecular flexibility index (Phi) is 8.56. The molecule has 2 aromatic rings. The largest absolute Gasteiger partial charge is 0.352 e. The Labute approximate surface area is 171 Å². The van der Waals surface area contributed by atoms with Gasteiger partial charge in [0.1, 0.15) is 0 Å². The van der Waals surface area contributed by atoms with E-state index in [-0.39, 0.29) is 29.9 Å². The number of nitrogens with one attached hydrogen (secondary N) is 3. The second-order valence-electron chi connectivity index (χ2n) is 5.93. The summed E-state index contributed by atoms with van der Waals surface area (Å²) >= 11 is 0. The fourth-order valence-electron chi connectivity index (χ4n) is 2.61. The SMILES string of the molecule is CN=C(NCc1cccc(NC(C)=O)c1)NCc1c(C)nn(C)c1C.I. The molecule has 0 spiro atoms. The number of aliphatic imine (C=N–C) groups is 1. The number of nitrogens with zero attached hydrogens (tertiary/aromatic N) is 3. The van der Waals surface area contributed by atoms with Crippen LogP contribution >= 0.6 is 24.0 Å². The number of amides is 1. The van der Waals surface area contributed by atoms with Crippen molar-refractivity contribution in [2.75, 3.05) is 12.4 Å². The predicted molar refractivity (Wildman–Crippen MR) is 116 cm³/mol. The van der Waals surface area contributed by atoms with Gasteiger partial charge in [0.05, 0.1) is 5.69 Å². The first-order valence-electron chi connectivity index (χ1n) is 8.20. The standard InChI is InChI=1S/C18H26N6O.HI/c1-12-17(13(2)24(5)23-12)11-21-18(19-4)20-10-15-7-6-8-16(9-15)22-14(3)25;/h6-9H,10-11H2,1-5H3,(H,22,25)(H2,19,20,21);1H. The lowest BCUT2D eigenvalue weighted by Crippen LogP contribution is -2.36. The van der Waals surface area contributed by atoms with Gasteiger partial charge in [-0.25, -0.2) is 0 Å². The molecule has 0 unspecified atom stereocenters. The second-order valence-corrected chi connectivity index (χ2v) is 5.93. The van der Waals surface area contributed by atoms with E-state index in [9.17, 15) is 4.79 Å². The maximum absolute atomic E-state index is 11.2. The first kappa shape index (κ1) is 21.9. The summed E-state index contributed by atoms with van der Waals surface area (Å²) < 4.78 is 1.88. The highest BCUT2D eigenvalue weighted by Gasteiger charge is 2.09. The number of carbonyl (C=O) groups excluding carboxylic acids is 1. The van der Waals surface area contributed by atoms with Crippen LogP contribution in [0.5, 0.6) is 0 Å². The smallest absolute Gasteiger partial charge is 0.221 e. The van der Waals surface area contributed by atoms with E-state index in [1.54, 1.807) is 7.05 Å². The molecular weight excluding hydrogens is 443 g/mol. The molecule has 0 bridgehead atoms. The first-order chi connectivity index (χ1) is 11.9. The predicted octanol–water partition coefficient (Wildman–Crippen LogP) is 2.48. The quantitative estimate of drug-likeness (QED) is 0.356. The van der Waals surface area contributed by atoms with Gasteiger partial charge in [-0.1, -0.05) is 12.1 Å². The van der Waals surface area contributed by atoms with E-state index >= 15 is 0 Å². The van der Waals surface area contributed by atoms with E-state index in [4.69, 9.17) is 0 Å². The van der Waals surface area contributed by atoms with Crippen LogP contribution in [0.2, 0.25) is 0 Å². The molecule has 0 fully saturated rings. The topological polar surface area (TPSA) is 83.3 Å². The average molecular weight is 470 g/mol. The lowest BCUT2D eigenvalue weighted by Gasteiger charge is -2.13. The van der Waals surface area contributed by atoms with Crippen LogP contribution in [0.1, 0.15) is 29.4 Å². The van der Waals surface area contributed by atoms with Crippen LogP contribution in [0, 0.1) is 13.8 Å². The van der Waals surface area contributed by atoms with Crippen molar-refractivity contribution < 1.29 is 4.79 Å². The van der Waals surface area contributed by atoms with Crippen molar-refractivity contribution in [3.05, 3.63) is 46.8 Å². The van der Waals surface area contributed by atoms with E-state index in [2.05, 4.69) is 33.0 Å². The summed E-state index contributed by atoms with van der Waals surface area (Å²) in [6, 6.07) is 7.73. The molecular formula is C18H27IN6O. The fourth-order valence-corrected chi connectivity index (χ4v) is 2.61. The molecule has 0 atom stereocenters. The molecule has 0 aliphatic heterocycles. The molecule has 1 heterocycles. The van der Waals surface area contributed by atoms with Crippen molar-refractivity contribution >= 4 is 41.5 Å². The van der Waals surface area contributed by atoms with Gasteiger partial charge in [-0.15, -0.1) is 24.0 Å². The highest BCUT2D eigenvalue weighted by atomic mass is 127. The van der Waals surface area contributed by atoms with E-state index in [0.717, 1.165) is 22.6 Å². The van der Waals surface area contributed by atoms with Gasteiger partial charge in [-0.05, 0) is 31.5 Å². The molecule has 1 aromatic heterocycles. The van der Waals surface area contributed by atoms with Gasteiger partial charge in [0.2, 0.25) is 5.91 Å². The molecule has 0 radical (unpaired) electrons. The second kappa shape index (κ2) is 10.1. The van der Waals surface area contributed by atoms with Gasteiger partial charge in [0.15, 0.2) is 5.96 Å². The van der Waals surface area contributed by atoms with E-state index in [1.165, 1.54) is 12.5 Å². The Balaban J connectivity index is 0.00000338. The van der Waals surface area contributed by atoms with Crippen LogP contribution < -0.4 is 16.0 Å². The van der Waals surface area contributed by atoms with Crippen LogP contribution in [-0.4, -0.2) is 28.7 Å². The summed E-state index contributed by atoms with van der Waals surface area (Å²) in [4.78, 5) is 15.4. The van der Waals surface area contributed by atoms with E-state index in [0.29, 0.717) is 19.0 Å². The van der Waals surface area contributed by atoms with Gasteiger partial charge >= 0.3 is 0 Å². The zero-order chi connectivity index (χ0) is 18.4. The van der Waals surface area contributed by atoms with Crippen LogP contribution in [0.4, 0.5) is 5.69 Å². The highest BCUT2D eigenvalue weighted by Crippen LogP contribution is 2.12. The molecule has 1 amide bonds. The third kappa shape index (κ3) is 6.01. The van der Waals surface area contributed by atoms with Crippen LogP contribution in [0.25, 0.3) is 0 Å². The molecule has 7 nitrogen and oxygen atoms in total. The number of halogens is 1. The third-order valence-corrected chi connectivity index (χ3v) is 4.02. The molecule has 1 aromatic carbocycles. The lowest BCUT2D eigenvalue weighted by molar-refractivity contribution is -0.114. The minimum absolute atomic E-state index is 0. The van der Waals surface area contributed by atoms with Gasteiger partial charge < -0.3 is 16.0 Å².